The molecule has 4 aromatic rings. The number of nitro benzene ring substituents is 2. The molecule has 0 bridgehead atoms. The first-order valence-electron chi connectivity index (χ1n) is 16.3. The average molecular weight is 732 g/mol. The van der Waals surface area contributed by atoms with Gasteiger partial charge in [0.05, 0.1) is 21.9 Å². The van der Waals surface area contributed by atoms with Gasteiger partial charge < -0.3 is 9.80 Å². The van der Waals surface area contributed by atoms with Gasteiger partial charge in [-0.05, 0) is 80.7 Å². The largest absolute Gasteiger partial charge is 0.367 e. The van der Waals surface area contributed by atoms with E-state index in [1.54, 1.807) is 4.90 Å². The number of nitrogens with zero attached hydrogens (tertiary/aromatic N) is 4. The van der Waals surface area contributed by atoms with E-state index in [4.69, 9.17) is 23.2 Å². The number of hydrogen-bond donors (Lipinski definition) is 0. The van der Waals surface area contributed by atoms with Gasteiger partial charge in [-0.1, -0.05) is 53.5 Å². The number of benzene rings is 4. The Morgan fingerprint density at radius 1 is 0.700 bits per heavy atom. The van der Waals surface area contributed by atoms with Gasteiger partial charge in [-0.3, -0.25) is 20.2 Å². The van der Waals surface area contributed by atoms with Crippen molar-refractivity contribution in [2.75, 3.05) is 22.9 Å². The van der Waals surface area contributed by atoms with Crippen LogP contribution in [0.2, 0.25) is 10.0 Å². The van der Waals surface area contributed by atoms with Gasteiger partial charge in [-0.2, -0.15) is 0 Å². The van der Waals surface area contributed by atoms with Crippen LogP contribution in [-0.4, -0.2) is 22.9 Å². The van der Waals surface area contributed by atoms with Gasteiger partial charge in [0.1, 0.15) is 27.4 Å². The van der Waals surface area contributed by atoms with Crippen LogP contribution in [0, 0.1) is 49.4 Å². The van der Waals surface area contributed by atoms with Gasteiger partial charge in [0.25, 0.3) is 11.4 Å². The third-order valence-electron chi connectivity index (χ3n) is 9.78. The lowest BCUT2D eigenvalue weighted by Gasteiger charge is -2.36. The standard InChI is InChI=1S/C36H32Cl2F4N4O4/c37-26-19-28(39)24(17-34(26)45(47)48)32-9-10-33(25-18-35(46(49)50)27(38)20-29(25)40)44(32)23-15-30(41)36(31(42)16-23)43-13-11-22(12-14-43)8-4-7-21-5-2-1-3-6-21/h1-3,5-6,15-20,22,32-33H,4,7-14H2. The molecule has 2 heterocycles. The minimum Gasteiger partial charge on any atom is -0.367 e. The minimum absolute atomic E-state index is 0.0546. The number of halogens is 6. The number of anilines is 2. The number of nitro groups is 2. The smallest absolute Gasteiger partial charge is 0.288 e. The second kappa shape index (κ2) is 14.8. The van der Waals surface area contributed by atoms with Crippen molar-refractivity contribution in [1.82, 2.24) is 0 Å². The molecular formula is C36H32Cl2F4N4O4. The Morgan fingerprint density at radius 3 is 1.68 bits per heavy atom. The summed E-state index contributed by atoms with van der Waals surface area (Å²) in [5.74, 6) is -3.19. The first kappa shape index (κ1) is 35.4. The summed E-state index contributed by atoms with van der Waals surface area (Å²) in [4.78, 5) is 24.8. The van der Waals surface area contributed by atoms with Crippen LogP contribution in [0.3, 0.4) is 0 Å². The number of aryl methyl sites for hydroxylation is 1. The van der Waals surface area contributed by atoms with E-state index in [1.807, 2.05) is 18.2 Å². The van der Waals surface area contributed by atoms with Gasteiger partial charge in [-0.25, -0.2) is 17.6 Å². The molecule has 262 valence electrons. The quantitative estimate of drug-likeness (QED) is 0.0916. The molecule has 0 N–H and O–H groups in total. The molecule has 0 radical (unpaired) electrons. The van der Waals surface area contributed by atoms with E-state index in [0.29, 0.717) is 19.0 Å². The fourth-order valence-corrected chi connectivity index (χ4v) is 7.81. The topological polar surface area (TPSA) is 92.8 Å². The zero-order chi connectivity index (χ0) is 35.7. The summed E-state index contributed by atoms with van der Waals surface area (Å²) in [6.07, 6.45) is 4.61. The molecule has 50 heavy (non-hydrogen) atoms. The minimum atomic E-state index is -1.08. The van der Waals surface area contributed by atoms with E-state index in [2.05, 4.69) is 12.1 Å². The molecular weight excluding hydrogens is 699 g/mol. The zero-order valence-electron chi connectivity index (χ0n) is 26.6. The van der Waals surface area contributed by atoms with Crippen LogP contribution in [0.1, 0.15) is 67.3 Å². The van der Waals surface area contributed by atoms with Gasteiger partial charge in [0, 0.05) is 42.0 Å². The third-order valence-corrected chi connectivity index (χ3v) is 10.4. The predicted octanol–water partition coefficient (Wildman–Crippen LogP) is 10.7. The molecule has 2 saturated heterocycles. The van der Waals surface area contributed by atoms with Crippen LogP contribution >= 0.6 is 23.2 Å². The Morgan fingerprint density at radius 2 is 1.20 bits per heavy atom. The van der Waals surface area contributed by atoms with Crippen molar-refractivity contribution in [3.05, 3.63) is 137 Å². The second-order valence-corrected chi connectivity index (χ2v) is 13.6. The highest BCUT2D eigenvalue weighted by Crippen LogP contribution is 2.50. The molecule has 2 unspecified atom stereocenters. The van der Waals surface area contributed by atoms with E-state index in [1.165, 1.54) is 10.5 Å². The van der Waals surface area contributed by atoms with Gasteiger partial charge in [-0.15, -0.1) is 0 Å². The molecule has 2 atom stereocenters. The Hall–Kier alpha value is -4.42. The summed E-state index contributed by atoms with van der Waals surface area (Å²) < 4.78 is 63.0. The maximum Gasteiger partial charge on any atom is 0.288 e. The number of piperidine rings is 1. The first-order chi connectivity index (χ1) is 23.9. The Bertz CT molecular complexity index is 1830. The van der Waals surface area contributed by atoms with Crippen LogP contribution in [0.25, 0.3) is 0 Å². The Balaban J connectivity index is 1.31. The van der Waals surface area contributed by atoms with Crippen molar-refractivity contribution < 1.29 is 27.4 Å². The summed E-state index contributed by atoms with van der Waals surface area (Å²) in [6, 6.07) is 13.6. The lowest BCUT2D eigenvalue weighted by atomic mass is 9.90. The van der Waals surface area contributed by atoms with Crippen molar-refractivity contribution in [2.24, 2.45) is 5.92 Å². The van der Waals surface area contributed by atoms with Gasteiger partial charge >= 0.3 is 0 Å². The number of rotatable bonds is 10. The molecule has 0 aliphatic carbocycles. The van der Waals surface area contributed by atoms with Crippen LogP contribution in [0.4, 0.5) is 40.3 Å². The van der Waals surface area contributed by atoms with Crippen molar-refractivity contribution in [3.8, 4) is 0 Å². The second-order valence-electron chi connectivity index (χ2n) is 12.7. The molecule has 2 aliphatic heterocycles. The SMILES string of the molecule is O=[N+]([O-])c1cc(C2CCC(c3cc([N+](=O)[O-])c(Cl)cc3F)N2c2cc(F)c(N3CCC(CCCc4ccccc4)CC3)c(F)c2)c(F)cc1Cl. The summed E-state index contributed by atoms with van der Waals surface area (Å²) in [5.41, 5.74) is -0.623. The lowest BCUT2D eigenvalue weighted by molar-refractivity contribution is -0.384. The van der Waals surface area contributed by atoms with E-state index < -0.39 is 66.6 Å². The highest BCUT2D eigenvalue weighted by Gasteiger charge is 2.41. The first-order valence-corrected chi connectivity index (χ1v) is 17.0. The van der Waals surface area contributed by atoms with Crippen molar-refractivity contribution in [3.63, 3.8) is 0 Å². The van der Waals surface area contributed by atoms with Crippen LogP contribution in [0.5, 0.6) is 0 Å². The van der Waals surface area contributed by atoms with E-state index in [0.717, 1.165) is 68.5 Å². The van der Waals surface area contributed by atoms with E-state index >= 15 is 17.6 Å². The molecule has 0 amide bonds. The monoisotopic (exact) mass is 730 g/mol. The van der Waals surface area contributed by atoms with Crippen LogP contribution < -0.4 is 9.80 Å². The molecule has 4 aromatic carbocycles. The predicted molar refractivity (Wildman–Crippen MR) is 184 cm³/mol. The lowest BCUT2D eigenvalue weighted by Crippen LogP contribution is -2.35. The summed E-state index contributed by atoms with van der Waals surface area (Å²) >= 11 is 11.9. The van der Waals surface area contributed by atoms with Crippen LogP contribution in [-0.2, 0) is 6.42 Å². The van der Waals surface area contributed by atoms with Gasteiger partial charge in [0.2, 0.25) is 0 Å². The highest BCUT2D eigenvalue weighted by molar-refractivity contribution is 6.33. The summed E-state index contributed by atoms with van der Waals surface area (Å²) in [7, 11) is 0. The Kier molecular flexibility index (Phi) is 10.5. The molecule has 14 heteroatoms. The van der Waals surface area contributed by atoms with Crippen LogP contribution in [0.15, 0.2) is 66.7 Å². The average Bonchev–Trinajstić information content (AvgIpc) is 3.50. The zero-order valence-corrected chi connectivity index (χ0v) is 28.1. The van der Waals surface area contributed by atoms with Crippen molar-refractivity contribution >= 4 is 46.0 Å². The third kappa shape index (κ3) is 7.22. The normalized spacial score (nSPS) is 18.1. The Labute approximate surface area is 295 Å². The van der Waals surface area contributed by atoms with Crippen molar-refractivity contribution in [1.29, 1.82) is 0 Å². The maximum absolute atomic E-state index is 16.0. The van der Waals surface area contributed by atoms with Gasteiger partial charge in [0.15, 0.2) is 11.6 Å². The fourth-order valence-electron chi connectivity index (χ4n) is 7.37. The summed E-state index contributed by atoms with van der Waals surface area (Å²) in [6.45, 7) is 0.884. The molecule has 6 rings (SSSR count). The maximum atomic E-state index is 16.0. The molecule has 0 spiro atoms. The summed E-state index contributed by atoms with van der Waals surface area (Å²) in [5, 5.41) is 22.5. The fraction of sp³-hybridized carbons (Fsp3) is 0.333. The number of hydrogen-bond acceptors (Lipinski definition) is 6. The highest BCUT2D eigenvalue weighted by atomic mass is 35.5. The molecule has 2 fully saturated rings. The molecule has 0 aromatic heterocycles. The van der Waals surface area contributed by atoms with E-state index in [-0.39, 0.29) is 35.3 Å². The molecule has 0 saturated carbocycles. The van der Waals surface area contributed by atoms with E-state index in [9.17, 15) is 20.2 Å². The molecule has 8 nitrogen and oxygen atoms in total. The molecule has 2 aliphatic rings. The van der Waals surface area contributed by atoms with Crippen molar-refractivity contribution in [2.45, 2.75) is 57.0 Å².